The number of carbonyl (C=O) groups is 1. The fourth-order valence-corrected chi connectivity index (χ4v) is 4.12. The Bertz CT molecular complexity index is 1060. The van der Waals surface area contributed by atoms with Crippen molar-refractivity contribution < 1.29 is 9.18 Å². The molecule has 0 fully saturated rings. The van der Waals surface area contributed by atoms with Gasteiger partial charge >= 0.3 is 0 Å². The molecule has 0 spiro atoms. The predicted molar refractivity (Wildman–Crippen MR) is 95.5 cm³/mol. The molecule has 1 aliphatic rings. The number of hydrogen-bond donors (Lipinski definition) is 1. The van der Waals surface area contributed by atoms with Crippen molar-refractivity contribution in [2.75, 3.05) is 12.3 Å². The highest BCUT2D eigenvalue weighted by atomic mass is 32.2. The Morgan fingerprint density at radius 1 is 1.44 bits per heavy atom. The van der Waals surface area contributed by atoms with Crippen LogP contribution in [-0.4, -0.2) is 32.3 Å². The average molecular weight is 360 g/mol. The minimum Gasteiger partial charge on any atom is -0.355 e. The lowest BCUT2D eigenvalue weighted by atomic mass is 10.2. The van der Waals surface area contributed by atoms with Gasteiger partial charge in [-0.3, -0.25) is 14.2 Å². The minimum absolute atomic E-state index is 0.00897. The topological polar surface area (TPSA) is 68.9 Å². The van der Waals surface area contributed by atoms with Gasteiger partial charge in [0.15, 0.2) is 5.16 Å². The van der Waals surface area contributed by atoms with Crippen LogP contribution in [0.5, 0.6) is 0 Å². The summed E-state index contributed by atoms with van der Waals surface area (Å²) in [5.74, 6) is 0.222. The molecule has 130 valence electrons. The van der Waals surface area contributed by atoms with Crippen molar-refractivity contribution in [1.82, 2.24) is 19.4 Å². The Morgan fingerprint density at radius 2 is 2.28 bits per heavy atom. The maximum atomic E-state index is 13.8. The molecule has 25 heavy (non-hydrogen) atoms. The first-order valence-electron chi connectivity index (χ1n) is 8.22. The molecular formula is C17H17FN4O2S. The lowest BCUT2D eigenvalue weighted by Crippen LogP contribution is -2.29. The Balaban J connectivity index is 1.98. The summed E-state index contributed by atoms with van der Waals surface area (Å²) < 4.78 is 17.1. The summed E-state index contributed by atoms with van der Waals surface area (Å²) in [7, 11) is 0. The average Bonchev–Trinajstić information content (AvgIpc) is 3.17. The van der Waals surface area contributed by atoms with Crippen molar-refractivity contribution in [2.24, 2.45) is 0 Å². The van der Waals surface area contributed by atoms with E-state index in [2.05, 4.69) is 10.3 Å². The number of aromatic nitrogens is 3. The summed E-state index contributed by atoms with van der Waals surface area (Å²) in [6.07, 6.45) is 0.832. The number of nitrogens with one attached hydrogen (secondary N) is 1. The molecule has 0 saturated heterocycles. The van der Waals surface area contributed by atoms with Gasteiger partial charge in [-0.2, -0.15) is 0 Å². The van der Waals surface area contributed by atoms with Crippen LogP contribution in [0.2, 0.25) is 0 Å². The minimum atomic E-state index is -0.392. The van der Waals surface area contributed by atoms with Gasteiger partial charge in [-0.1, -0.05) is 18.7 Å². The maximum Gasteiger partial charge on any atom is 0.278 e. The number of nitrogens with zero attached hydrogens (tertiary/aromatic N) is 3. The fourth-order valence-electron chi connectivity index (χ4n) is 3.17. The quantitative estimate of drug-likeness (QED) is 0.724. The number of carbonyl (C=O) groups excluding carboxylic acids is 1. The predicted octanol–water partition coefficient (Wildman–Crippen LogP) is 2.12. The van der Waals surface area contributed by atoms with Crippen molar-refractivity contribution in [3.63, 3.8) is 0 Å². The summed E-state index contributed by atoms with van der Waals surface area (Å²) in [6.45, 7) is 3.16. The molecule has 3 aromatic rings. The second kappa shape index (κ2) is 6.18. The van der Waals surface area contributed by atoms with Gasteiger partial charge in [-0.05, 0) is 24.6 Å². The molecule has 1 amide bonds. The van der Waals surface area contributed by atoms with Gasteiger partial charge < -0.3 is 9.88 Å². The third kappa shape index (κ3) is 2.60. The summed E-state index contributed by atoms with van der Waals surface area (Å²) in [5, 5.41) is 4.03. The fraction of sp³-hybridized carbons (Fsp3) is 0.353. The number of halogens is 1. The first-order valence-corrected chi connectivity index (χ1v) is 9.20. The zero-order valence-corrected chi connectivity index (χ0v) is 14.5. The van der Waals surface area contributed by atoms with Crippen LogP contribution in [0.3, 0.4) is 0 Å². The molecule has 1 aromatic carbocycles. The molecule has 4 rings (SSSR count). The molecule has 0 atom stereocenters. The lowest BCUT2D eigenvalue weighted by Gasteiger charge is -2.08. The maximum absolute atomic E-state index is 13.8. The molecule has 1 aliphatic heterocycles. The van der Waals surface area contributed by atoms with Crippen LogP contribution in [0.25, 0.3) is 21.9 Å². The van der Waals surface area contributed by atoms with E-state index in [-0.39, 0.29) is 18.0 Å². The van der Waals surface area contributed by atoms with Crippen LogP contribution in [-0.2, 0) is 17.9 Å². The van der Waals surface area contributed by atoms with Crippen LogP contribution >= 0.6 is 11.8 Å². The van der Waals surface area contributed by atoms with E-state index in [1.807, 2.05) is 6.92 Å². The van der Waals surface area contributed by atoms with E-state index < -0.39 is 5.82 Å². The zero-order valence-electron chi connectivity index (χ0n) is 13.7. The van der Waals surface area contributed by atoms with E-state index >= 15 is 0 Å². The summed E-state index contributed by atoms with van der Waals surface area (Å²) in [4.78, 5) is 29.8. The molecule has 0 saturated carbocycles. The van der Waals surface area contributed by atoms with E-state index in [0.717, 1.165) is 12.2 Å². The van der Waals surface area contributed by atoms with Crippen molar-refractivity contribution in [3.05, 3.63) is 34.4 Å². The van der Waals surface area contributed by atoms with Crippen LogP contribution in [0, 0.1) is 5.82 Å². The lowest BCUT2D eigenvalue weighted by molar-refractivity contribution is -0.121. The van der Waals surface area contributed by atoms with Crippen molar-refractivity contribution in [2.45, 2.75) is 31.6 Å². The Hall–Kier alpha value is -2.35. The number of hydrogen-bond acceptors (Lipinski definition) is 4. The largest absolute Gasteiger partial charge is 0.355 e. The highest BCUT2D eigenvalue weighted by Gasteiger charge is 2.23. The number of thioether (sulfide) groups is 1. The highest BCUT2D eigenvalue weighted by molar-refractivity contribution is 7.99. The van der Waals surface area contributed by atoms with Crippen molar-refractivity contribution in [1.29, 1.82) is 0 Å². The van der Waals surface area contributed by atoms with Gasteiger partial charge in [0.2, 0.25) is 5.91 Å². The van der Waals surface area contributed by atoms with Gasteiger partial charge in [0.05, 0.1) is 5.52 Å². The van der Waals surface area contributed by atoms with Gasteiger partial charge in [-0.15, -0.1) is 0 Å². The Morgan fingerprint density at radius 3 is 3.08 bits per heavy atom. The van der Waals surface area contributed by atoms with Crippen molar-refractivity contribution >= 4 is 39.6 Å². The molecule has 8 heteroatoms. The van der Waals surface area contributed by atoms with Gasteiger partial charge in [0, 0.05) is 24.2 Å². The smallest absolute Gasteiger partial charge is 0.278 e. The number of benzene rings is 1. The highest BCUT2D eigenvalue weighted by Crippen LogP contribution is 2.30. The number of fused-ring (bicyclic) bond motifs is 4. The van der Waals surface area contributed by atoms with E-state index in [0.29, 0.717) is 40.2 Å². The molecule has 0 unspecified atom stereocenters. The van der Waals surface area contributed by atoms with Crippen LogP contribution in [0.1, 0.15) is 13.3 Å². The van der Waals surface area contributed by atoms with Gasteiger partial charge in [0.1, 0.15) is 23.4 Å². The third-order valence-electron chi connectivity index (χ3n) is 4.30. The molecule has 0 aliphatic carbocycles. The van der Waals surface area contributed by atoms with Crippen LogP contribution < -0.4 is 10.9 Å². The first kappa shape index (κ1) is 16.1. The summed E-state index contributed by atoms with van der Waals surface area (Å²) in [6, 6.07) is 4.31. The first-order chi connectivity index (χ1) is 12.1. The number of amides is 1. The normalized spacial score (nSPS) is 13.5. The third-order valence-corrected chi connectivity index (χ3v) is 5.26. The number of rotatable bonds is 4. The zero-order chi connectivity index (χ0) is 17.6. The SMILES string of the molecule is CCCNC(=O)Cn1c2ccc(F)cc2c2nc3n(c(=O)c21)CCS3. The standard InChI is InChI=1S/C17H17FN4O2S/c1-2-5-19-13(23)9-22-12-4-3-10(18)8-11(12)14-15(22)16(24)21-6-7-25-17(21)20-14/h3-4,8H,2,5-7,9H2,1H3,(H,19,23). The van der Waals surface area contributed by atoms with Gasteiger partial charge in [-0.25, -0.2) is 9.37 Å². The molecule has 0 bridgehead atoms. The molecule has 1 N–H and O–H groups in total. The van der Waals surface area contributed by atoms with Crippen molar-refractivity contribution in [3.8, 4) is 0 Å². The molecular weight excluding hydrogens is 343 g/mol. The van der Waals surface area contributed by atoms with E-state index in [1.165, 1.54) is 23.9 Å². The Labute approximate surface area is 147 Å². The van der Waals surface area contributed by atoms with Crippen LogP contribution in [0.4, 0.5) is 4.39 Å². The Kier molecular flexibility index (Phi) is 3.99. The second-order valence-corrected chi connectivity index (χ2v) is 7.06. The molecule has 6 nitrogen and oxygen atoms in total. The van der Waals surface area contributed by atoms with Gasteiger partial charge in [0.25, 0.3) is 5.56 Å². The van der Waals surface area contributed by atoms with Crippen LogP contribution in [0.15, 0.2) is 28.2 Å². The van der Waals surface area contributed by atoms with E-state index in [4.69, 9.17) is 0 Å². The monoisotopic (exact) mass is 360 g/mol. The summed E-state index contributed by atoms with van der Waals surface area (Å²) >= 11 is 1.51. The summed E-state index contributed by atoms with van der Waals surface area (Å²) in [5.41, 5.74) is 1.29. The van der Waals surface area contributed by atoms with E-state index in [1.54, 1.807) is 15.2 Å². The molecule has 3 heterocycles. The second-order valence-electron chi connectivity index (χ2n) is 5.99. The molecule has 2 aromatic heterocycles. The molecule has 0 radical (unpaired) electrons. The van der Waals surface area contributed by atoms with E-state index in [9.17, 15) is 14.0 Å².